The summed E-state index contributed by atoms with van der Waals surface area (Å²) < 4.78 is 5.84. The molecule has 1 aliphatic heterocycles. The average Bonchev–Trinajstić information content (AvgIpc) is 2.83. The molecule has 1 fully saturated rings. The molecule has 34 heavy (non-hydrogen) atoms. The van der Waals surface area contributed by atoms with Gasteiger partial charge in [0.25, 0.3) is 5.91 Å². The molecule has 1 saturated carbocycles. The average molecular weight is 468 g/mol. The number of carboxylic acids is 1. The van der Waals surface area contributed by atoms with Crippen molar-refractivity contribution in [1.29, 1.82) is 0 Å². The van der Waals surface area contributed by atoms with Crippen molar-refractivity contribution >= 4 is 17.7 Å². The molecule has 2 heterocycles. The largest absolute Gasteiger partial charge is 0.480 e. The molecule has 1 aromatic heterocycles. The van der Waals surface area contributed by atoms with Gasteiger partial charge in [-0.3, -0.25) is 4.79 Å². The minimum absolute atomic E-state index is 0.128. The van der Waals surface area contributed by atoms with Crippen LogP contribution < -0.4 is 10.6 Å². The van der Waals surface area contributed by atoms with Crippen molar-refractivity contribution in [1.82, 2.24) is 10.3 Å². The van der Waals surface area contributed by atoms with Crippen LogP contribution in [0.15, 0.2) is 42.5 Å². The molecule has 2 aliphatic rings. The molecule has 0 spiro atoms. The number of aryl methyl sites for hydroxylation is 2. The third-order valence-corrected chi connectivity index (χ3v) is 6.69. The van der Waals surface area contributed by atoms with E-state index in [4.69, 9.17) is 9.72 Å². The second-order valence-corrected chi connectivity index (χ2v) is 9.21. The van der Waals surface area contributed by atoms with Gasteiger partial charge < -0.3 is 25.6 Å². The third kappa shape index (κ3) is 6.33. The molecule has 2 atom stereocenters. The quantitative estimate of drug-likeness (QED) is 0.401. The third-order valence-electron chi connectivity index (χ3n) is 6.69. The monoisotopic (exact) mass is 467 g/mol. The van der Waals surface area contributed by atoms with Crippen molar-refractivity contribution in [2.24, 2.45) is 5.92 Å². The molecule has 0 bridgehead atoms. The van der Waals surface area contributed by atoms with Gasteiger partial charge in [-0.1, -0.05) is 36.4 Å². The van der Waals surface area contributed by atoms with E-state index >= 15 is 0 Å². The van der Waals surface area contributed by atoms with Gasteiger partial charge in [-0.05, 0) is 61.6 Å². The lowest BCUT2D eigenvalue weighted by Gasteiger charge is -2.35. The van der Waals surface area contributed by atoms with Crippen LogP contribution in [0.5, 0.6) is 0 Å². The van der Waals surface area contributed by atoms with Gasteiger partial charge in [0.05, 0.1) is 6.10 Å². The van der Waals surface area contributed by atoms with Gasteiger partial charge in [-0.25, -0.2) is 9.78 Å². The normalized spacial score (nSPS) is 20.9. The Balaban J connectivity index is 1.14. The van der Waals surface area contributed by atoms with E-state index in [-0.39, 0.29) is 19.1 Å². The maximum atomic E-state index is 12.3. The topological polar surface area (TPSA) is 121 Å². The molecule has 0 unspecified atom stereocenters. The van der Waals surface area contributed by atoms with E-state index in [1.54, 1.807) is 30.3 Å². The fraction of sp³-hybridized carbons (Fsp3) is 0.500. The Morgan fingerprint density at radius 1 is 1.18 bits per heavy atom. The molecule has 8 nitrogen and oxygen atoms in total. The van der Waals surface area contributed by atoms with Gasteiger partial charge in [0.2, 0.25) is 0 Å². The van der Waals surface area contributed by atoms with E-state index in [0.29, 0.717) is 11.5 Å². The summed E-state index contributed by atoms with van der Waals surface area (Å²) in [4.78, 5) is 28.6. The molecule has 182 valence electrons. The Kier molecular flexibility index (Phi) is 8.13. The van der Waals surface area contributed by atoms with E-state index < -0.39 is 24.0 Å². The highest BCUT2D eigenvalue weighted by molar-refractivity contribution is 5.86. The van der Waals surface area contributed by atoms with E-state index in [1.807, 2.05) is 0 Å². The second kappa shape index (κ2) is 11.4. The number of carbonyl (C=O) groups is 2. The lowest BCUT2D eigenvalue weighted by molar-refractivity contribution is -0.144. The Morgan fingerprint density at radius 2 is 1.97 bits per heavy atom. The number of pyridine rings is 1. The van der Waals surface area contributed by atoms with Crippen LogP contribution >= 0.6 is 0 Å². The van der Waals surface area contributed by atoms with Crippen LogP contribution in [-0.2, 0) is 27.2 Å². The number of aromatic nitrogens is 1. The van der Waals surface area contributed by atoms with Crippen molar-refractivity contribution in [2.45, 2.75) is 63.2 Å². The summed E-state index contributed by atoms with van der Waals surface area (Å²) >= 11 is 0. The first-order valence-corrected chi connectivity index (χ1v) is 12.1. The van der Waals surface area contributed by atoms with Crippen molar-refractivity contribution in [2.75, 3.05) is 18.5 Å². The molecule has 1 aliphatic carbocycles. The molecule has 0 radical (unpaired) electrons. The van der Waals surface area contributed by atoms with Crippen LogP contribution in [0.3, 0.4) is 0 Å². The highest BCUT2D eigenvalue weighted by Gasteiger charge is 2.30. The zero-order valence-electron chi connectivity index (χ0n) is 19.3. The minimum atomic E-state index is -1.41. The molecule has 1 amide bonds. The number of amides is 1. The van der Waals surface area contributed by atoms with E-state index in [1.165, 1.54) is 5.56 Å². The molecule has 4 N–H and O–H groups in total. The van der Waals surface area contributed by atoms with Crippen LogP contribution in [0.1, 0.15) is 55.0 Å². The molecular formula is C26H33N3O5. The fourth-order valence-corrected chi connectivity index (χ4v) is 4.55. The maximum Gasteiger partial charge on any atom is 0.326 e. The number of benzene rings is 1. The van der Waals surface area contributed by atoms with E-state index in [2.05, 4.69) is 22.8 Å². The van der Waals surface area contributed by atoms with Gasteiger partial charge in [-0.2, -0.15) is 0 Å². The zero-order chi connectivity index (χ0) is 23.9. The van der Waals surface area contributed by atoms with Crippen molar-refractivity contribution < 1.29 is 24.5 Å². The number of anilines is 1. The van der Waals surface area contributed by atoms with Crippen molar-refractivity contribution in [3.63, 3.8) is 0 Å². The number of aliphatic hydroxyl groups excluding tert-OH is 1. The number of carboxylic acid groups (broad SMARTS) is 1. The number of nitrogens with one attached hydrogen (secondary N) is 2. The number of nitrogens with zero attached hydrogens (tertiary/aromatic N) is 1. The number of carbonyl (C=O) groups excluding carboxylic acids is 1. The summed E-state index contributed by atoms with van der Waals surface area (Å²) in [6, 6.07) is 11.6. The predicted molar refractivity (Wildman–Crippen MR) is 127 cm³/mol. The summed E-state index contributed by atoms with van der Waals surface area (Å²) in [6.45, 7) is 1.24. The summed E-state index contributed by atoms with van der Waals surface area (Å²) in [5.41, 5.74) is 2.84. The summed E-state index contributed by atoms with van der Waals surface area (Å²) in [6.07, 6.45) is 5.06. The highest BCUT2D eigenvalue weighted by atomic mass is 16.5. The molecule has 8 heteroatoms. The van der Waals surface area contributed by atoms with Crippen LogP contribution in [-0.4, -0.2) is 52.4 Å². The zero-order valence-corrected chi connectivity index (χ0v) is 19.3. The van der Waals surface area contributed by atoms with Crippen molar-refractivity contribution in [3.05, 3.63) is 59.3 Å². The van der Waals surface area contributed by atoms with E-state index in [0.717, 1.165) is 56.6 Å². The predicted octanol–water partition coefficient (Wildman–Crippen LogP) is 2.86. The SMILES string of the molecule is O=C(O)[C@H](CCOC1CC(CCc2ccc3c(n2)NCCC3)C1)NC(=O)[C@H](O)c1ccccc1. The van der Waals surface area contributed by atoms with Gasteiger partial charge in [-0.15, -0.1) is 0 Å². The van der Waals surface area contributed by atoms with Crippen LogP contribution in [0, 0.1) is 5.92 Å². The standard InChI is InChI=1S/C26H33N3O5/c30-23(18-5-2-1-3-6-18)25(31)29-22(26(32)33)12-14-34-21-15-17(16-21)8-10-20-11-9-19-7-4-13-27-24(19)28-20/h1-3,5-6,9,11,17,21-23,30H,4,7-8,10,12-16H2,(H,27,28)(H,29,31)(H,32,33)/t17?,21?,22-,23+/m0/s1. The maximum absolute atomic E-state index is 12.3. The molecular weight excluding hydrogens is 434 g/mol. The smallest absolute Gasteiger partial charge is 0.326 e. The first-order valence-electron chi connectivity index (χ1n) is 12.1. The van der Waals surface area contributed by atoms with E-state index in [9.17, 15) is 19.8 Å². The molecule has 4 rings (SSSR count). The number of aliphatic hydroxyl groups is 1. The number of hydrogen-bond donors (Lipinski definition) is 4. The molecule has 2 aromatic rings. The number of fused-ring (bicyclic) bond motifs is 1. The second-order valence-electron chi connectivity index (χ2n) is 9.21. The molecule has 0 saturated heterocycles. The van der Waals surface area contributed by atoms with Gasteiger partial charge in [0.15, 0.2) is 6.10 Å². The lowest BCUT2D eigenvalue weighted by Crippen LogP contribution is -2.44. The number of ether oxygens (including phenoxy) is 1. The fourth-order valence-electron chi connectivity index (χ4n) is 4.55. The Bertz CT molecular complexity index is 978. The number of hydrogen-bond acceptors (Lipinski definition) is 6. The first kappa shape index (κ1) is 24.2. The Labute approximate surface area is 199 Å². The Hall–Kier alpha value is -2.97. The number of aliphatic carboxylic acids is 1. The van der Waals surface area contributed by atoms with Crippen LogP contribution in [0.2, 0.25) is 0 Å². The van der Waals surface area contributed by atoms with Gasteiger partial charge >= 0.3 is 5.97 Å². The minimum Gasteiger partial charge on any atom is -0.480 e. The summed E-state index contributed by atoms with van der Waals surface area (Å²) in [5, 5.41) is 25.4. The lowest BCUT2D eigenvalue weighted by atomic mass is 9.79. The van der Waals surface area contributed by atoms with Crippen molar-refractivity contribution in [3.8, 4) is 0 Å². The first-order chi connectivity index (χ1) is 16.5. The summed E-state index contributed by atoms with van der Waals surface area (Å²) in [7, 11) is 0. The van der Waals surface area contributed by atoms with Gasteiger partial charge in [0.1, 0.15) is 11.9 Å². The summed E-state index contributed by atoms with van der Waals surface area (Å²) in [5.74, 6) is -0.245. The van der Waals surface area contributed by atoms with Gasteiger partial charge in [0, 0.05) is 25.3 Å². The number of rotatable bonds is 11. The Morgan fingerprint density at radius 3 is 2.74 bits per heavy atom. The van der Waals surface area contributed by atoms with Crippen LogP contribution in [0.4, 0.5) is 5.82 Å². The molecule has 1 aromatic carbocycles. The highest BCUT2D eigenvalue weighted by Crippen LogP contribution is 2.34. The van der Waals surface area contributed by atoms with Crippen LogP contribution in [0.25, 0.3) is 0 Å².